The Hall–Kier alpha value is -3.67. The van der Waals surface area contributed by atoms with Gasteiger partial charge in [-0.1, -0.05) is 30.3 Å². The summed E-state index contributed by atoms with van der Waals surface area (Å²) >= 11 is 0. The summed E-state index contributed by atoms with van der Waals surface area (Å²) in [6.45, 7) is 0. The number of pyridine rings is 1. The van der Waals surface area contributed by atoms with Crippen LogP contribution >= 0.6 is 0 Å². The van der Waals surface area contributed by atoms with E-state index in [1.54, 1.807) is 60.8 Å². The molecule has 0 aliphatic rings. The van der Waals surface area contributed by atoms with Gasteiger partial charge in [-0.15, -0.1) is 0 Å². The third-order valence-corrected chi connectivity index (χ3v) is 3.50. The zero-order valence-corrected chi connectivity index (χ0v) is 13.1. The van der Waals surface area contributed by atoms with E-state index in [0.717, 1.165) is 0 Å². The number of nitrogens with zero attached hydrogens (tertiary/aromatic N) is 1. The summed E-state index contributed by atoms with van der Waals surface area (Å²) < 4.78 is 0. The number of aromatic carboxylic acids is 1. The molecule has 25 heavy (non-hydrogen) atoms. The summed E-state index contributed by atoms with van der Waals surface area (Å²) in [4.78, 5) is 28.1. The summed E-state index contributed by atoms with van der Waals surface area (Å²) in [6, 6.07) is 18.6. The van der Waals surface area contributed by atoms with Crippen molar-refractivity contribution in [1.29, 1.82) is 0 Å². The number of benzene rings is 2. The maximum absolute atomic E-state index is 12.6. The summed E-state index contributed by atoms with van der Waals surface area (Å²) in [7, 11) is 0. The van der Waals surface area contributed by atoms with Crippen molar-refractivity contribution in [2.45, 2.75) is 0 Å². The Labute approximate surface area is 144 Å². The van der Waals surface area contributed by atoms with E-state index in [4.69, 9.17) is 0 Å². The molecule has 0 aliphatic carbocycles. The fourth-order valence-electron chi connectivity index (χ4n) is 2.33. The van der Waals surface area contributed by atoms with Crippen molar-refractivity contribution in [3.8, 4) is 0 Å². The first-order valence-electron chi connectivity index (χ1n) is 7.56. The number of amides is 1. The lowest BCUT2D eigenvalue weighted by atomic mass is 10.1. The average Bonchev–Trinajstić information content (AvgIpc) is 2.63. The van der Waals surface area contributed by atoms with Crippen LogP contribution in [0.1, 0.15) is 20.7 Å². The number of hydrogen-bond acceptors (Lipinski definition) is 4. The fourth-order valence-corrected chi connectivity index (χ4v) is 2.33. The zero-order chi connectivity index (χ0) is 17.6. The first-order valence-corrected chi connectivity index (χ1v) is 7.56. The molecule has 6 nitrogen and oxygen atoms in total. The lowest BCUT2D eigenvalue weighted by Gasteiger charge is -2.12. The summed E-state index contributed by atoms with van der Waals surface area (Å²) in [5.74, 6) is -0.905. The van der Waals surface area contributed by atoms with Crippen LogP contribution in [0.5, 0.6) is 0 Å². The second kappa shape index (κ2) is 7.27. The number of carboxylic acid groups (broad SMARTS) is 1. The lowest BCUT2D eigenvalue weighted by molar-refractivity contribution is 0.0698. The molecular formula is C19H15N3O3. The molecular weight excluding hydrogens is 318 g/mol. The molecule has 124 valence electrons. The van der Waals surface area contributed by atoms with E-state index in [2.05, 4.69) is 15.6 Å². The van der Waals surface area contributed by atoms with Gasteiger partial charge in [-0.3, -0.25) is 4.79 Å². The van der Waals surface area contributed by atoms with Crippen LogP contribution in [0.15, 0.2) is 72.9 Å². The van der Waals surface area contributed by atoms with Gasteiger partial charge in [0.2, 0.25) is 0 Å². The van der Waals surface area contributed by atoms with Crippen LogP contribution in [-0.4, -0.2) is 22.0 Å². The molecule has 3 N–H and O–H groups in total. The smallest absolute Gasteiger partial charge is 0.337 e. The number of para-hydroxylation sites is 2. The van der Waals surface area contributed by atoms with Crippen LogP contribution in [-0.2, 0) is 0 Å². The maximum Gasteiger partial charge on any atom is 0.337 e. The van der Waals surface area contributed by atoms with Crippen molar-refractivity contribution >= 4 is 29.1 Å². The molecule has 0 fully saturated rings. The molecule has 1 aromatic heterocycles. The van der Waals surface area contributed by atoms with Crippen LogP contribution in [0.25, 0.3) is 0 Å². The molecule has 0 aliphatic heterocycles. The Kier molecular flexibility index (Phi) is 4.71. The van der Waals surface area contributed by atoms with Crippen molar-refractivity contribution in [2.24, 2.45) is 0 Å². The monoisotopic (exact) mass is 333 g/mol. The quantitative estimate of drug-likeness (QED) is 0.661. The highest BCUT2D eigenvalue weighted by molar-refractivity contribution is 6.10. The Morgan fingerprint density at radius 3 is 2.12 bits per heavy atom. The Balaban J connectivity index is 1.87. The van der Waals surface area contributed by atoms with E-state index in [-0.39, 0.29) is 11.3 Å². The first-order chi connectivity index (χ1) is 12.1. The molecule has 0 radical (unpaired) electrons. The van der Waals surface area contributed by atoms with E-state index >= 15 is 0 Å². The maximum atomic E-state index is 12.6. The number of carbonyl (C=O) groups is 2. The fraction of sp³-hybridized carbons (Fsp3) is 0. The van der Waals surface area contributed by atoms with Crippen molar-refractivity contribution in [2.75, 3.05) is 10.6 Å². The van der Waals surface area contributed by atoms with E-state index in [0.29, 0.717) is 17.1 Å². The zero-order valence-electron chi connectivity index (χ0n) is 13.1. The molecule has 3 rings (SSSR count). The second-order valence-electron chi connectivity index (χ2n) is 5.19. The van der Waals surface area contributed by atoms with Gasteiger partial charge in [-0.2, -0.15) is 0 Å². The van der Waals surface area contributed by atoms with Gasteiger partial charge >= 0.3 is 5.97 Å². The van der Waals surface area contributed by atoms with Crippen LogP contribution in [0.2, 0.25) is 0 Å². The van der Waals surface area contributed by atoms with Crippen LogP contribution in [0, 0.1) is 0 Å². The largest absolute Gasteiger partial charge is 0.478 e. The Morgan fingerprint density at radius 2 is 1.44 bits per heavy atom. The predicted octanol–water partition coefficient (Wildman–Crippen LogP) is 3.78. The molecule has 0 spiro atoms. The van der Waals surface area contributed by atoms with Gasteiger partial charge in [0.15, 0.2) is 0 Å². The molecule has 0 atom stereocenters. The second-order valence-corrected chi connectivity index (χ2v) is 5.19. The van der Waals surface area contributed by atoms with Gasteiger partial charge < -0.3 is 15.7 Å². The number of nitrogens with one attached hydrogen (secondary N) is 2. The Morgan fingerprint density at radius 1 is 0.800 bits per heavy atom. The van der Waals surface area contributed by atoms with E-state index < -0.39 is 11.9 Å². The van der Waals surface area contributed by atoms with E-state index in [1.807, 2.05) is 6.07 Å². The highest BCUT2D eigenvalue weighted by atomic mass is 16.4. The minimum Gasteiger partial charge on any atom is -0.478 e. The molecule has 0 saturated heterocycles. The summed E-state index contributed by atoms with van der Waals surface area (Å²) in [5.41, 5.74) is 1.23. The molecule has 0 saturated carbocycles. The highest BCUT2D eigenvalue weighted by Gasteiger charge is 2.15. The number of carbonyl (C=O) groups excluding carboxylic acids is 1. The minimum absolute atomic E-state index is 0.0333. The predicted molar refractivity (Wildman–Crippen MR) is 95.3 cm³/mol. The minimum atomic E-state index is -1.10. The SMILES string of the molecule is O=C(O)c1ccccc1NC(=O)c1ccccc1Nc1ccccn1. The molecule has 1 heterocycles. The van der Waals surface area contributed by atoms with Gasteiger partial charge in [0.25, 0.3) is 5.91 Å². The molecule has 6 heteroatoms. The van der Waals surface area contributed by atoms with Crippen molar-refractivity contribution in [3.63, 3.8) is 0 Å². The van der Waals surface area contributed by atoms with Crippen LogP contribution < -0.4 is 10.6 Å². The third kappa shape index (κ3) is 3.81. The van der Waals surface area contributed by atoms with Crippen LogP contribution in [0.4, 0.5) is 17.2 Å². The van der Waals surface area contributed by atoms with Gasteiger partial charge in [0, 0.05) is 6.20 Å². The summed E-state index contributed by atoms with van der Waals surface area (Å²) in [6.07, 6.45) is 1.65. The third-order valence-electron chi connectivity index (χ3n) is 3.50. The van der Waals surface area contributed by atoms with Crippen molar-refractivity contribution in [3.05, 3.63) is 84.1 Å². The molecule has 0 unspecified atom stereocenters. The van der Waals surface area contributed by atoms with Gasteiger partial charge in [0.1, 0.15) is 5.82 Å². The van der Waals surface area contributed by atoms with E-state index in [9.17, 15) is 14.7 Å². The number of rotatable bonds is 5. The van der Waals surface area contributed by atoms with Crippen molar-refractivity contribution in [1.82, 2.24) is 4.98 Å². The highest BCUT2D eigenvalue weighted by Crippen LogP contribution is 2.22. The topological polar surface area (TPSA) is 91.3 Å². The number of carboxylic acids is 1. The van der Waals surface area contributed by atoms with Gasteiger partial charge in [-0.05, 0) is 36.4 Å². The van der Waals surface area contributed by atoms with Gasteiger partial charge in [0.05, 0.1) is 22.5 Å². The first kappa shape index (κ1) is 16.2. The number of aromatic nitrogens is 1. The number of anilines is 3. The van der Waals surface area contributed by atoms with Crippen LogP contribution in [0.3, 0.4) is 0 Å². The van der Waals surface area contributed by atoms with Crippen molar-refractivity contribution < 1.29 is 14.7 Å². The molecule has 2 aromatic carbocycles. The van der Waals surface area contributed by atoms with Gasteiger partial charge in [-0.25, -0.2) is 9.78 Å². The normalized spacial score (nSPS) is 10.1. The molecule has 1 amide bonds. The molecule has 0 bridgehead atoms. The molecule has 3 aromatic rings. The Bertz CT molecular complexity index is 911. The lowest BCUT2D eigenvalue weighted by Crippen LogP contribution is -2.16. The number of hydrogen-bond donors (Lipinski definition) is 3. The standard InChI is InChI=1S/C19H15N3O3/c23-18(22-16-10-4-2-8-14(16)19(24)25)13-7-1-3-9-15(13)21-17-11-5-6-12-20-17/h1-12H,(H,20,21)(H,22,23)(H,24,25). The van der Waals surface area contributed by atoms with E-state index in [1.165, 1.54) is 6.07 Å². The summed E-state index contributed by atoms with van der Waals surface area (Å²) in [5, 5.41) is 15.0. The average molecular weight is 333 g/mol.